The van der Waals surface area contributed by atoms with Gasteiger partial charge in [-0.25, -0.2) is 4.79 Å². The SMILES string of the molecule is CCc1cccc(NC(=O)COC(=O)c2cc3c(s2)CCCCC3)c1. The number of carbonyl (C=O) groups excluding carboxylic acids is 2. The minimum absolute atomic E-state index is 0.266. The van der Waals surface area contributed by atoms with Crippen LogP contribution in [0.25, 0.3) is 0 Å². The molecule has 5 heteroatoms. The third-order valence-corrected chi connectivity index (χ3v) is 5.62. The quantitative estimate of drug-likeness (QED) is 0.638. The van der Waals surface area contributed by atoms with Gasteiger partial charge >= 0.3 is 5.97 Å². The van der Waals surface area contributed by atoms with Crippen LogP contribution in [0.15, 0.2) is 30.3 Å². The van der Waals surface area contributed by atoms with Crippen LogP contribution >= 0.6 is 11.3 Å². The van der Waals surface area contributed by atoms with Gasteiger partial charge < -0.3 is 10.1 Å². The van der Waals surface area contributed by atoms with E-state index in [0.29, 0.717) is 4.88 Å². The first-order valence-electron chi connectivity index (χ1n) is 8.83. The molecule has 0 spiro atoms. The number of amides is 1. The first kappa shape index (κ1) is 17.7. The van der Waals surface area contributed by atoms with Gasteiger partial charge in [-0.15, -0.1) is 11.3 Å². The van der Waals surface area contributed by atoms with Crippen molar-refractivity contribution < 1.29 is 14.3 Å². The predicted molar refractivity (Wildman–Crippen MR) is 100 cm³/mol. The molecule has 1 aromatic heterocycles. The summed E-state index contributed by atoms with van der Waals surface area (Å²) < 4.78 is 5.19. The summed E-state index contributed by atoms with van der Waals surface area (Å²) in [5, 5.41) is 2.77. The highest BCUT2D eigenvalue weighted by Gasteiger charge is 2.18. The molecule has 0 saturated heterocycles. The Hall–Kier alpha value is -2.14. The summed E-state index contributed by atoms with van der Waals surface area (Å²) in [5.41, 5.74) is 3.15. The van der Waals surface area contributed by atoms with Gasteiger partial charge in [-0.3, -0.25) is 4.79 Å². The maximum atomic E-state index is 12.2. The number of ether oxygens (including phenoxy) is 1. The summed E-state index contributed by atoms with van der Waals surface area (Å²) in [6.07, 6.45) is 6.59. The van der Waals surface area contributed by atoms with Gasteiger partial charge in [-0.1, -0.05) is 25.5 Å². The van der Waals surface area contributed by atoms with E-state index in [-0.39, 0.29) is 12.5 Å². The number of anilines is 1. The highest BCUT2D eigenvalue weighted by atomic mass is 32.1. The zero-order chi connectivity index (χ0) is 17.6. The Morgan fingerprint density at radius 3 is 2.84 bits per heavy atom. The molecule has 0 saturated carbocycles. The fourth-order valence-electron chi connectivity index (χ4n) is 3.04. The second kappa shape index (κ2) is 8.30. The van der Waals surface area contributed by atoms with Gasteiger partial charge in [-0.05, 0) is 61.4 Å². The number of benzene rings is 1. The highest BCUT2D eigenvalue weighted by Crippen LogP contribution is 2.29. The van der Waals surface area contributed by atoms with Crippen LogP contribution < -0.4 is 5.32 Å². The van der Waals surface area contributed by atoms with Crippen LogP contribution in [-0.4, -0.2) is 18.5 Å². The molecule has 0 atom stereocenters. The third-order valence-electron chi connectivity index (χ3n) is 4.40. The van der Waals surface area contributed by atoms with Gasteiger partial charge in [0.2, 0.25) is 0 Å². The fourth-order valence-corrected chi connectivity index (χ4v) is 4.18. The van der Waals surface area contributed by atoms with Gasteiger partial charge in [0.05, 0.1) is 0 Å². The maximum absolute atomic E-state index is 12.2. The van der Waals surface area contributed by atoms with Crippen LogP contribution in [0.2, 0.25) is 0 Å². The monoisotopic (exact) mass is 357 g/mol. The molecule has 25 heavy (non-hydrogen) atoms. The van der Waals surface area contributed by atoms with Crippen LogP contribution in [0.4, 0.5) is 5.69 Å². The lowest BCUT2D eigenvalue weighted by Gasteiger charge is -2.07. The highest BCUT2D eigenvalue weighted by molar-refractivity contribution is 7.14. The van der Waals surface area contributed by atoms with Crippen molar-refractivity contribution in [1.82, 2.24) is 0 Å². The van der Waals surface area contributed by atoms with Crippen LogP contribution in [-0.2, 0) is 28.8 Å². The first-order chi connectivity index (χ1) is 12.2. The summed E-state index contributed by atoms with van der Waals surface area (Å²) >= 11 is 1.51. The number of aryl methyl sites for hydroxylation is 3. The van der Waals surface area contributed by atoms with E-state index in [2.05, 4.69) is 12.2 Å². The van der Waals surface area contributed by atoms with E-state index in [0.717, 1.165) is 30.5 Å². The standard InChI is InChI=1S/C20H23NO3S/c1-2-14-7-6-9-16(11-14)21-19(22)13-24-20(23)18-12-15-8-4-3-5-10-17(15)25-18/h6-7,9,11-12H,2-5,8,10,13H2,1H3,(H,21,22). The number of hydrogen-bond donors (Lipinski definition) is 1. The van der Waals surface area contributed by atoms with Crippen molar-refractivity contribution >= 4 is 28.9 Å². The summed E-state index contributed by atoms with van der Waals surface area (Å²) in [5.74, 6) is -0.727. The molecule has 0 aliphatic heterocycles. The lowest BCUT2D eigenvalue weighted by atomic mass is 10.1. The topological polar surface area (TPSA) is 55.4 Å². The van der Waals surface area contributed by atoms with Crippen LogP contribution in [0.5, 0.6) is 0 Å². The molecule has 1 heterocycles. The van der Waals surface area contributed by atoms with Gasteiger partial charge in [0, 0.05) is 10.6 Å². The number of esters is 1. The van der Waals surface area contributed by atoms with E-state index in [9.17, 15) is 9.59 Å². The third kappa shape index (κ3) is 4.69. The lowest BCUT2D eigenvalue weighted by molar-refractivity contribution is -0.119. The Labute approximate surface area is 152 Å². The Kier molecular flexibility index (Phi) is 5.87. The minimum Gasteiger partial charge on any atom is -0.451 e. The Balaban J connectivity index is 1.54. The molecular weight excluding hydrogens is 334 g/mol. The Morgan fingerprint density at radius 2 is 2.00 bits per heavy atom. The first-order valence-corrected chi connectivity index (χ1v) is 9.65. The van der Waals surface area contributed by atoms with Crippen LogP contribution in [0.3, 0.4) is 0 Å². The van der Waals surface area contributed by atoms with Crippen molar-refractivity contribution in [2.75, 3.05) is 11.9 Å². The van der Waals surface area contributed by atoms with Crippen molar-refractivity contribution in [3.63, 3.8) is 0 Å². The largest absolute Gasteiger partial charge is 0.451 e. The molecular formula is C20H23NO3S. The maximum Gasteiger partial charge on any atom is 0.348 e. The molecule has 1 N–H and O–H groups in total. The lowest BCUT2D eigenvalue weighted by Crippen LogP contribution is -2.20. The number of thiophene rings is 1. The number of carbonyl (C=O) groups is 2. The summed E-state index contributed by atoms with van der Waals surface area (Å²) in [6.45, 7) is 1.79. The smallest absolute Gasteiger partial charge is 0.348 e. The molecule has 1 aliphatic rings. The average Bonchev–Trinajstić information content (AvgIpc) is 2.90. The fraction of sp³-hybridized carbons (Fsp3) is 0.400. The predicted octanol–water partition coefficient (Wildman–Crippen LogP) is 4.37. The summed E-state index contributed by atoms with van der Waals surface area (Å²) in [6, 6.07) is 9.61. The zero-order valence-electron chi connectivity index (χ0n) is 14.5. The molecule has 1 amide bonds. The number of fused-ring (bicyclic) bond motifs is 1. The molecule has 0 fully saturated rings. The van der Waals surface area contributed by atoms with E-state index < -0.39 is 5.97 Å². The van der Waals surface area contributed by atoms with Crippen molar-refractivity contribution in [3.05, 3.63) is 51.2 Å². The molecule has 0 bridgehead atoms. The second-order valence-corrected chi connectivity index (χ2v) is 7.43. The van der Waals surface area contributed by atoms with Gasteiger partial charge in [0.25, 0.3) is 5.91 Å². The van der Waals surface area contributed by atoms with Crippen molar-refractivity contribution in [2.24, 2.45) is 0 Å². The normalized spacial score (nSPS) is 13.6. The van der Waals surface area contributed by atoms with E-state index in [1.807, 2.05) is 30.3 Å². The van der Waals surface area contributed by atoms with Crippen LogP contribution in [0.1, 0.15) is 51.9 Å². The summed E-state index contributed by atoms with van der Waals surface area (Å²) in [4.78, 5) is 26.1. The molecule has 0 radical (unpaired) electrons. The van der Waals surface area contributed by atoms with Crippen LogP contribution in [0, 0.1) is 0 Å². The molecule has 2 aromatic rings. The van der Waals surface area contributed by atoms with E-state index >= 15 is 0 Å². The van der Waals surface area contributed by atoms with Crippen molar-refractivity contribution in [1.29, 1.82) is 0 Å². The van der Waals surface area contributed by atoms with Gasteiger partial charge in [0.15, 0.2) is 6.61 Å². The zero-order valence-corrected chi connectivity index (χ0v) is 15.3. The molecule has 0 unspecified atom stereocenters. The van der Waals surface area contributed by atoms with Crippen molar-refractivity contribution in [2.45, 2.75) is 45.4 Å². The van der Waals surface area contributed by atoms with E-state index in [1.54, 1.807) is 0 Å². The summed E-state index contributed by atoms with van der Waals surface area (Å²) in [7, 11) is 0. The molecule has 1 aromatic carbocycles. The molecule has 4 nitrogen and oxygen atoms in total. The second-order valence-electron chi connectivity index (χ2n) is 6.30. The molecule has 3 rings (SSSR count). The number of hydrogen-bond acceptors (Lipinski definition) is 4. The Morgan fingerprint density at radius 1 is 1.16 bits per heavy atom. The van der Waals surface area contributed by atoms with E-state index in [4.69, 9.17) is 4.74 Å². The van der Waals surface area contributed by atoms with Crippen molar-refractivity contribution in [3.8, 4) is 0 Å². The Bertz CT molecular complexity index is 743. The average molecular weight is 357 g/mol. The molecule has 132 valence electrons. The molecule has 1 aliphatic carbocycles. The minimum atomic E-state index is -0.407. The number of nitrogens with one attached hydrogen (secondary N) is 1. The van der Waals surface area contributed by atoms with E-state index in [1.165, 1.54) is 41.0 Å². The number of rotatable bonds is 5. The van der Waals surface area contributed by atoms with Gasteiger partial charge in [-0.2, -0.15) is 0 Å². The van der Waals surface area contributed by atoms with Gasteiger partial charge in [0.1, 0.15) is 4.88 Å².